The number of carbonyl (C=O) groups is 2. The van der Waals surface area contributed by atoms with Gasteiger partial charge in [0.25, 0.3) is 5.91 Å². The van der Waals surface area contributed by atoms with E-state index in [1.54, 1.807) is 39.9 Å². The van der Waals surface area contributed by atoms with Crippen LogP contribution >= 0.6 is 0 Å². The van der Waals surface area contributed by atoms with Crippen molar-refractivity contribution < 1.29 is 43.1 Å². The van der Waals surface area contributed by atoms with Crippen molar-refractivity contribution in [1.29, 1.82) is 0 Å². The maximum absolute atomic E-state index is 15.3. The highest BCUT2D eigenvalue weighted by Crippen LogP contribution is 2.50. The van der Waals surface area contributed by atoms with Crippen molar-refractivity contribution in [2.75, 3.05) is 61.3 Å². The molecule has 1 amide bonds. The number of hydrogen-bond acceptors (Lipinski definition) is 10. The topological polar surface area (TPSA) is 121 Å². The molecular weight excluding hydrogens is 775 g/mol. The molecule has 5 heterocycles. The van der Waals surface area contributed by atoms with Crippen LogP contribution in [0.4, 0.5) is 0 Å². The first kappa shape index (κ1) is 42.6. The molecule has 6 atom stereocenters. The summed E-state index contributed by atoms with van der Waals surface area (Å²) in [7, 11) is 6.70. The molecule has 4 aliphatic rings. The minimum atomic E-state index is -0.692. The highest BCUT2D eigenvalue weighted by Gasteiger charge is 2.43. The number of unbranched alkanes of at least 4 members (excludes halogenated alkanes) is 1. The third-order valence-corrected chi connectivity index (χ3v) is 13.7. The third kappa shape index (κ3) is 8.34. The van der Waals surface area contributed by atoms with E-state index in [2.05, 4.69) is 36.1 Å². The molecule has 1 aromatic heterocycles. The molecule has 0 radical (unpaired) electrons. The number of aliphatic hydroxyl groups excluding tert-OH is 1. The highest BCUT2D eigenvalue weighted by atomic mass is 16.7. The quantitative estimate of drug-likeness (QED) is 0.125. The molecule has 0 unspecified atom stereocenters. The summed E-state index contributed by atoms with van der Waals surface area (Å²) in [5.41, 5.74) is 6.59. The van der Waals surface area contributed by atoms with Crippen LogP contribution in [0.25, 0.3) is 10.9 Å². The summed E-state index contributed by atoms with van der Waals surface area (Å²) in [6.07, 6.45) is 9.26. The first-order valence-corrected chi connectivity index (χ1v) is 22.0. The van der Waals surface area contributed by atoms with E-state index in [0.29, 0.717) is 62.2 Å². The van der Waals surface area contributed by atoms with Gasteiger partial charge >= 0.3 is 0 Å². The largest absolute Gasteiger partial charge is 0.493 e. The molecule has 0 saturated carbocycles. The summed E-state index contributed by atoms with van der Waals surface area (Å²) in [6, 6.07) is 16.3. The van der Waals surface area contributed by atoms with Gasteiger partial charge in [0.2, 0.25) is 12.2 Å². The van der Waals surface area contributed by atoms with Crippen molar-refractivity contribution in [2.45, 2.75) is 89.5 Å². The summed E-state index contributed by atoms with van der Waals surface area (Å²) >= 11 is 0. The Morgan fingerprint density at radius 1 is 0.820 bits per heavy atom. The maximum atomic E-state index is 15.3. The second kappa shape index (κ2) is 18.5. The molecule has 12 nitrogen and oxygen atoms in total. The van der Waals surface area contributed by atoms with Gasteiger partial charge in [-0.2, -0.15) is 0 Å². The van der Waals surface area contributed by atoms with E-state index in [9.17, 15) is 9.90 Å². The van der Waals surface area contributed by atoms with Crippen molar-refractivity contribution in [1.82, 2.24) is 14.4 Å². The second-order valence-electron chi connectivity index (χ2n) is 16.9. The lowest BCUT2D eigenvalue weighted by molar-refractivity contribution is -0.155. The number of rotatable bonds is 14. The van der Waals surface area contributed by atoms with Crippen LogP contribution in [0.3, 0.4) is 0 Å². The molecule has 12 heteroatoms. The number of carbonyl (C=O) groups excluding carboxylic acids is 2. The Labute approximate surface area is 359 Å². The normalized spacial score (nSPS) is 23.6. The molecule has 61 heavy (non-hydrogen) atoms. The predicted molar refractivity (Wildman–Crippen MR) is 233 cm³/mol. The molecule has 1 saturated heterocycles. The molecule has 0 spiro atoms. The van der Waals surface area contributed by atoms with Crippen molar-refractivity contribution in [3.05, 3.63) is 94.4 Å². The van der Waals surface area contributed by atoms with E-state index in [4.69, 9.17) is 28.4 Å². The lowest BCUT2D eigenvalue weighted by Gasteiger charge is -2.49. The zero-order chi connectivity index (χ0) is 42.8. The summed E-state index contributed by atoms with van der Waals surface area (Å²) < 4.78 is 37.7. The number of hydrogen-bond donors (Lipinski definition) is 1. The van der Waals surface area contributed by atoms with Gasteiger partial charge in [-0.05, 0) is 115 Å². The molecule has 8 rings (SSSR count). The SMILES string of the molecule is CC[C@H]1CN2CCc3cc(OC)c(OC)cc3[C@@H]2C[C@@H]1C[C@@H]1c2cc(OC)c(OC)cc2CCN1C(=O)C1=C[C@H](c2cn(C(C)=O)c3ccccc23)C[C@H](OCCCCO)O1. The molecule has 4 aliphatic heterocycles. The number of aromatic nitrogens is 1. The van der Waals surface area contributed by atoms with Gasteiger partial charge < -0.3 is 38.4 Å². The third-order valence-electron chi connectivity index (χ3n) is 13.7. The molecule has 1 fully saturated rings. The van der Waals surface area contributed by atoms with Gasteiger partial charge in [-0.25, -0.2) is 0 Å². The summed E-state index contributed by atoms with van der Waals surface area (Å²) in [5.74, 6) is 3.29. The Morgan fingerprint density at radius 2 is 1.49 bits per heavy atom. The summed E-state index contributed by atoms with van der Waals surface area (Å²) in [6.45, 7) is 6.79. The van der Waals surface area contributed by atoms with Crippen molar-refractivity contribution in [3.8, 4) is 23.0 Å². The van der Waals surface area contributed by atoms with Crippen molar-refractivity contribution in [2.24, 2.45) is 11.8 Å². The van der Waals surface area contributed by atoms with E-state index in [0.717, 1.165) is 77.9 Å². The van der Waals surface area contributed by atoms with Crippen LogP contribution < -0.4 is 18.9 Å². The van der Waals surface area contributed by atoms with E-state index < -0.39 is 6.29 Å². The van der Waals surface area contributed by atoms with Gasteiger partial charge in [0.05, 0.1) is 46.6 Å². The standard InChI is InChI=1S/C49H61N3O9/c1-7-31-28-50-16-14-32-22-43(56-3)45(58-5)26-37(32)41(50)20-34(31)21-42-38-27-46(59-6)44(57-4)23-33(38)15-17-51(42)49(55)47-24-35(25-48(61-47)60-19-11-10-18-53)39-29-52(30(2)54)40-13-9-8-12-36(39)40/h8-9,12-13,22-24,26-27,29,31,34-35,41-42,48,53H,7,10-11,14-21,25,28H2,1-6H3/t31-,34+,35-,41-,42+,48+/m0/s1. The molecule has 1 N–H and O–H groups in total. The second-order valence-corrected chi connectivity index (χ2v) is 16.9. The van der Waals surface area contributed by atoms with Gasteiger partial charge in [-0.3, -0.25) is 19.1 Å². The monoisotopic (exact) mass is 835 g/mol. The van der Waals surface area contributed by atoms with Gasteiger partial charge in [0.1, 0.15) is 0 Å². The summed E-state index contributed by atoms with van der Waals surface area (Å²) in [4.78, 5) is 32.8. The number of benzene rings is 3. The van der Waals surface area contributed by atoms with Gasteiger partial charge in [-0.15, -0.1) is 0 Å². The van der Waals surface area contributed by atoms with Crippen LogP contribution in [-0.2, 0) is 27.1 Å². The van der Waals surface area contributed by atoms with E-state index >= 15 is 4.79 Å². The molecule has 326 valence electrons. The minimum absolute atomic E-state index is 0.0777. The van der Waals surface area contributed by atoms with E-state index in [-0.39, 0.29) is 42.2 Å². The average molecular weight is 836 g/mol. The molecular formula is C49H61N3O9. The first-order valence-electron chi connectivity index (χ1n) is 22.0. The molecule has 4 aromatic rings. The minimum Gasteiger partial charge on any atom is -0.493 e. The van der Waals surface area contributed by atoms with Crippen molar-refractivity contribution in [3.63, 3.8) is 0 Å². The molecule has 0 bridgehead atoms. The Morgan fingerprint density at radius 3 is 2.18 bits per heavy atom. The van der Waals surface area contributed by atoms with Crippen LogP contribution in [0.1, 0.15) is 103 Å². The van der Waals surface area contributed by atoms with E-state index in [1.165, 1.54) is 11.1 Å². The van der Waals surface area contributed by atoms with Crippen LogP contribution in [0.5, 0.6) is 23.0 Å². The Bertz CT molecular complexity index is 2270. The number of aliphatic hydroxyl groups is 1. The average Bonchev–Trinajstić information content (AvgIpc) is 3.69. The number of allylic oxidation sites excluding steroid dienone is 1. The summed E-state index contributed by atoms with van der Waals surface area (Å²) in [5, 5.41) is 10.4. The van der Waals surface area contributed by atoms with Gasteiger partial charge in [0, 0.05) is 63.1 Å². The van der Waals surface area contributed by atoms with Gasteiger partial charge in [0.15, 0.2) is 28.8 Å². The number of fused-ring (bicyclic) bond motifs is 5. The van der Waals surface area contributed by atoms with Crippen LogP contribution in [0.15, 0.2) is 66.6 Å². The Hall–Kier alpha value is -5.04. The Kier molecular flexibility index (Phi) is 12.9. The predicted octanol–water partition coefficient (Wildman–Crippen LogP) is 8.00. The van der Waals surface area contributed by atoms with Gasteiger partial charge in [-0.1, -0.05) is 31.5 Å². The van der Waals surface area contributed by atoms with Crippen molar-refractivity contribution >= 4 is 22.7 Å². The zero-order valence-corrected chi connectivity index (χ0v) is 36.5. The highest BCUT2D eigenvalue weighted by molar-refractivity contribution is 5.95. The number of nitrogens with zero attached hydrogens (tertiary/aromatic N) is 3. The zero-order valence-electron chi connectivity index (χ0n) is 36.5. The fourth-order valence-electron chi connectivity index (χ4n) is 10.5. The number of methoxy groups -OCH3 is 4. The fraction of sp³-hybridized carbons (Fsp3) is 0.510. The Balaban J connectivity index is 1.17. The lowest BCUT2D eigenvalue weighted by Crippen LogP contribution is -2.48. The van der Waals surface area contributed by atoms with Crippen LogP contribution in [0.2, 0.25) is 0 Å². The van der Waals surface area contributed by atoms with Crippen LogP contribution in [-0.4, -0.2) is 98.9 Å². The molecule has 3 aromatic carbocycles. The van der Waals surface area contributed by atoms with E-state index in [1.807, 2.05) is 41.4 Å². The lowest BCUT2D eigenvalue weighted by atomic mass is 9.72. The number of ether oxygens (including phenoxy) is 6. The maximum Gasteiger partial charge on any atom is 0.289 e. The number of amides is 1. The van der Waals surface area contributed by atoms with Crippen LogP contribution in [0, 0.1) is 11.8 Å². The molecule has 0 aliphatic carbocycles. The fourth-order valence-corrected chi connectivity index (χ4v) is 10.5. The number of piperidine rings is 1. The number of para-hydroxylation sites is 1. The smallest absolute Gasteiger partial charge is 0.289 e. The first-order chi connectivity index (χ1) is 29.7.